The third kappa shape index (κ3) is 5.05. The fourth-order valence-electron chi connectivity index (χ4n) is 3.01. The van der Waals surface area contributed by atoms with Gasteiger partial charge in [-0.05, 0) is 54.5 Å². The van der Waals surface area contributed by atoms with Gasteiger partial charge in [-0.2, -0.15) is 9.57 Å². The zero-order valence-corrected chi connectivity index (χ0v) is 18.0. The van der Waals surface area contributed by atoms with Crippen molar-refractivity contribution in [2.24, 2.45) is 5.92 Å². The second-order valence-corrected chi connectivity index (χ2v) is 9.86. The third-order valence-corrected chi connectivity index (χ3v) is 7.59. The lowest BCUT2D eigenvalue weighted by atomic mass is 10.0. The molecule has 158 valence electrons. The number of carbonyl (C=O) groups excluding carboxylic acids is 2. The second kappa shape index (κ2) is 9.38. The van der Waals surface area contributed by atoms with E-state index in [-0.39, 0.29) is 10.5 Å². The molecule has 1 saturated heterocycles. The summed E-state index contributed by atoms with van der Waals surface area (Å²) in [6.45, 7) is 2.56. The number of piperidine rings is 1. The first-order valence-corrected chi connectivity index (χ1v) is 11.7. The molecule has 0 saturated carbocycles. The summed E-state index contributed by atoms with van der Waals surface area (Å²) in [5.41, 5.74) is 0.475. The van der Waals surface area contributed by atoms with E-state index >= 15 is 0 Å². The molecular formula is C20H21N3O5S2. The van der Waals surface area contributed by atoms with Crippen LogP contribution in [0.2, 0.25) is 0 Å². The summed E-state index contributed by atoms with van der Waals surface area (Å²) >= 11 is 1.19. The molecular weight excluding hydrogens is 426 g/mol. The van der Waals surface area contributed by atoms with E-state index in [2.05, 4.69) is 12.2 Å². The van der Waals surface area contributed by atoms with Crippen LogP contribution >= 0.6 is 11.3 Å². The number of anilines is 1. The van der Waals surface area contributed by atoms with Crippen LogP contribution in [0.15, 0.2) is 40.6 Å². The topological polar surface area (TPSA) is 117 Å². The highest BCUT2D eigenvalue weighted by Crippen LogP contribution is 2.24. The number of nitriles is 1. The number of nitrogens with zero attached hydrogens (tertiary/aromatic N) is 2. The highest BCUT2D eigenvalue weighted by Gasteiger charge is 2.28. The van der Waals surface area contributed by atoms with Crippen LogP contribution in [0.4, 0.5) is 5.00 Å². The van der Waals surface area contributed by atoms with E-state index < -0.39 is 28.5 Å². The Bertz CT molecular complexity index is 1060. The Labute approximate surface area is 179 Å². The summed E-state index contributed by atoms with van der Waals surface area (Å²) in [5.74, 6) is -0.800. The number of rotatable bonds is 6. The maximum Gasteiger partial charge on any atom is 0.338 e. The highest BCUT2D eigenvalue weighted by atomic mass is 32.2. The minimum atomic E-state index is -3.60. The first-order chi connectivity index (χ1) is 14.3. The number of amides is 1. The molecule has 1 fully saturated rings. The number of thiophene rings is 1. The van der Waals surface area contributed by atoms with E-state index in [4.69, 9.17) is 10.00 Å². The van der Waals surface area contributed by atoms with Crippen LogP contribution in [0, 0.1) is 17.2 Å². The predicted octanol–water partition coefficient (Wildman–Crippen LogP) is 2.84. The van der Waals surface area contributed by atoms with Crippen molar-refractivity contribution in [2.75, 3.05) is 25.0 Å². The Balaban J connectivity index is 1.57. The molecule has 0 unspecified atom stereocenters. The molecule has 1 aliphatic heterocycles. The molecule has 2 heterocycles. The van der Waals surface area contributed by atoms with Gasteiger partial charge < -0.3 is 10.1 Å². The van der Waals surface area contributed by atoms with Crippen LogP contribution in [-0.4, -0.2) is 44.3 Å². The van der Waals surface area contributed by atoms with E-state index in [0.29, 0.717) is 29.6 Å². The van der Waals surface area contributed by atoms with Crippen LogP contribution in [0.3, 0.4) is 0 Å². The number of sulfonamides is 1. The second-order valence-electron chi connectivity index (χ2n) is 7.01. The van der Waals surface area contributed by atoms with Gasteiger partial charge in [0.25, 0.3) is 5.91 Å². The standard InChI is InChI=1S/C20H21N3O5S2/c1-14-6-9-23(10-7-14)30(26,27)17-4-2-15(3-5-17)20(25)28-13-18(24)22-19-16(12-21)8-11-29-19/h2-5,8,11,14H,6-7,9-10,13H2,1H3,(H,22,24). The Hall–Kier alpha value is -2.74. The fourth-order valence-corrected chi connectivity index (χ4v) is 5.23. The molecule has 2 aromatic rings. The Morgan fingerprint density at radius 3 is 2.53 bits per heavy atom. The van der Waals surface area contributed by atoms with Gasteiger partial charge in [0.2, 0.25) is 10.0 Å². The van der Waals surface area contributed by atoms with Crippen LogP contribution in [0.5, 0.6) is 0 Å². The maximum absolute atomic E-state index is 12.7. The minimum absolute atomic E-state index is 0.119. The number of nitrogens with one attached hydrogen (secondary N) is 1. The number of hydrogen-bond donors (Lipinski definition) is 1. The molecule has 1 aromatic carbocycles. The number of hydrogen-bond acceptors (Lipinski definition) is 7. The first-order valence-electron chi connectivity index (χ1n) is 9.36. The predicted molar refractivity (Wildman–Crippen MR) is 112 cm³/mol. The van der Waals surface area contributed by atoms with Crippen molar-refractivity contribution < 1.29 is 22.7 Å². The maximum atomic E-state index is 12.7. The average Bonchev–Trinajstić information content (AvgIpc) is 3.19. The lowest BCUT2D eigenvalue weighted by Gasteiger charge is -2.29. The van der Waals surface area contributed by atoms with Gasteiger partial charge in [-0.25, -0.2) is 13.2 Å². The van der Waals surface area contributed by atoms with Gasteiger partial charge >= 0.3 is 5.97 Å². The molecule has 1 aliphatic rings. The van der Waals surface area contributed by atoms with E-state index in [0.717, 1.165) is 12.8 Å². The van der Waals surface area contributed by atoms with Crippen LogP contribution < -0.4 is 5.32 Å². The molecule has 10 heteroatoms. The van der Waals surface area contributed by atoms with Crippen molar-refractivity contribution in [1.29, 1.82) is 5.26 Å². The van der Waals surface area contributed by atoms with Gasteiger partial charge in [0.05, 0.1) is 16.0 Å². The molecule has 8 nitrogen and oxygen atoms in total. The third-order valence-electron chi connectivity index (χ3n) is 4.84. The highest BCUT2D eigenvalue weighted by molar-refractivity contribution is 7.89. The largest absolute Gasteiger partial charge is 0.452 e. The number of benzene rings is 1. The van der Waals surface area contributed by atoms with Crippen LogP contribution in [-0.2, 0) is 19.6 Å². The van der Waals surface area contributed by atoms with Crippen LogP contribution in [0.25, 0.3) is 0 Å². The smallest absolute Gasteiger partial charge is 0.338 e. The molecule has 0 aliphatic carbocycles. The monoisotopic (exact) mass is 447 g/mol. The van der Waals surface area contributed by atoms with Gasteiger partial charge in [-0.1, -0.05) is 6.92 Å². The van der Waals surface area contributed by atoms with E-state index in [1.807, 2.05) is 6.07 Å². The van der Waals surface area contributed by atoms with Gasteiger partial charge in [0.15, 0.2) is 6.61 Å². The van der Waals surface area contributed by atoms with E-state index in [1.54, 1.807) is 11.4 Å². The van der Waals surface area contributed by atoms with Crippen molar-refractivity contribution in [3.8, 4) is 6.07 Å². The quantitative estimate of drug-likeness (QED) is 0.681. The van der Waals surface area contributed by atoms with Gasteiger partial charge in [-0.3, -0.25) is 4.79 Å². The van der Waals surface area contributed by atoms with Crippen LogP contribution in [0.1, 0.15) is 35.7 Å². The van der Waals surface area contributed by atoms with Crippen molar-refractivity contribution in [3.05, 3.63) is 46.8 Å². The number of esters is 1. The Kier molecular flexibility index (Phi) is 6.87. The molecule has 1 aromatic heterocycles. The normalized spacial score (nSPS) is 15.3. The summed E-state index contributed by atoms with van der Waals surface area (Å²) < 4.78 is 31.9. The van der Waals surface area contributed by atoms with Crippen molar-refractivity contribution >= 4 is 38.2 Å². The van der Waals surface area contributed by atoms with E-state index in [1.165, 1.54) is 39.9 Å². The van der Waals surface area contributed by atoms with Gasteiger partial charge in [0, 0.05) is 13.1 Å². The zero-order chi connectivity index (χ0) is 21.7. The van der Waals surface area contributed by atoms with Crippen molar-refractivity contribution in [2.45, 2.75) is 24.7 Å². The van der Waals surface area contributed by atoms with E-state index in [9.17, 15) is 18.0 Å². The summed E-state index contributed by atoms with van der Waals surface area (Å²) in [5, 5.41) is 13.5. The lowest BCUT2D eigenvalue weighted by Crippen LogP contribution is -2.37. The zero-order valence-electron chi connectivity index (χ0n) is 16.3. The van der Waals surface area contributed by atoms with Crippen molar-refractivity contribution in [3.63, 3.8) is 0 Å². The SMILES string of the molecule is CC1CCN(S(=O)(=O)c2ccc(C(=O)OCC(=O)Nc3sccc3C#N)cc2)CC1. The number of carbonyl (C=O) groups is 2. The summed E-state index contributed by atoms with van der Waals surface area (Å²) in [6.07, 6.45) is 1.65. The van der Waals surface area contributed by atoms with Gasteiger partial charge in [-0.15, -0.1) is 11.3 Å². The molecule has 30 heavy (non-hydrogen) atoms. The summed E-state index contributed by atoms with van der Waals surface area (Å²) in [6, 6.07) is 9.00. The molecule has 3 rings (SSSR count). The van der Waals surface area contributed by atoms with Crippen molar-refractivity contribution in [1.82, 2.24) is 4.31 Å². The lowest BCUT2D eigenvalue weighted by molar-refractivity contribution is -0.119. The number of ether oxygens (including phenoxy) is 1. The average molecular weight is 448 g/mol. The molecule has 1 amide bonds. The first kappa shape index (κ1) is 22.0. The molecule has 0 spiro atoms. The minimum Gasteiger partial charge on any atom is -0.452 e. The summed E-state index contributed by atoms with van der Waals surface area (Å²) in [4.78, 5) is 24.2. The Morgan fingerprint density at radius 1 is 1.23 bits per heavy atom. The molecule has 0 atom stereocenters. The summed E-state index contributed by atoms with van der Waals surface area (Å²) in [7, 11) is -3.60. The molecule has 0 bridgehead atoms. The fraction of sp³-hybridized carbons (Fsp3) is 0.350. The molecule has 0 radical (unpaired) electrons. The molecule has 1 N–H and O–H groups in total. The Morgan fingerprint density at radius 2 is 1.90 bits per heavy atom. The van der Waals surface area contributed by atoms with Gasteiger partial charge in [0.1, 0.15) is 11.1 Å².